The minimum Gasteiger partial charge on any atom is -0.314 e. The van der Waals surface area contributed by atoms with Gasteiger partial charge >= 0.3 is 0 Å². The Labute approximate surface area is 75.3 Å². The summed E-state index contributed by atoms with van der Waals surface area (Å²) >= 11 is 0. The maximum absolute atomic E-state index is 3.68. The van der Waals surface area contributed by atoms with Gasteiger partial charge in [-0.25, -0.2) is 0 Å². The van der Waals surface area contributed by atoms with E-state index in [1.54, 1.807) is 0 Å². The Morgan fingerprint density at radius 2 is 1.83 bits per heavy atom. The fraction of sp³-hybridized carbons (Fsp3) is 1.00. The van der Waals surface area contributed by atoms with E-state index < -0.39 is 0 Å². The summed E-state index contributed by atoms with van der Waals surface area (Å²) in [5.41, 5.74) is 0. The lowest BCUT2D eigenvalue weighted by Crippen LogP contribution is -2.41. The maximum atomic E-state index is 3.68. The van der Waals surface area contributed by atoms with Gasteiger partial charge in [-0.05, 0) is 58.3 Å². The van der Waals surface area contributed by atoms with Crippen LogP contribution in [0.3, 0.4) is 0 Å². The van der Waals surface area contributed by atoms with Crippen LogP contribution in [-0.4, -0.2) is 37.6 Å². The van der Waals surface area contributed by atoms with Gasteiger partial charge in [-0.1, -0.05) is 0 Å². The highest BCUT2D eigenvalue weighted by molar-refractivity contribution is 4.80. The Bertz CT molecular complexity index is 135. The molecular weight excluding hydrogens is 148 g/mol. The molecule has 2 heteroatoms. The Kier molecular flexibility index (Phi) is 2.66. The second-order valence-corrected chi connectivity index (χ2v) is 4.43. The summed E-state index contributed by atoms with van der Waals surface area (Å²) in [7, 11) is 2.22. The lowest BCUT2D eigenvalue weighted by Gasteiger charge is -2.29. The normalized spacial score (nSPS) is 27.8. The second kappa shape index (κ2) is 3.75. The quantitative estimate of drug-likeness (QED) is 0.678. The van der Waals surface area contributed by atoms with Crippen molar-refractivity contribution in [3.05, 3.63) is 0 Å². The van der Waals surface area contributed by atoms with E-state index in [1.807, 2.05) is 0 Å². The third-order valence-corrected chi connectivity index (χ3v) is 3.11. The number of likely N-dealkylation sites (tertiary alicyclic amines) is 1. The molecule has 2 fully saturated rings. The molecule has 2 nitrogen and oxygen atoms in total. The molecule has 1 heterocycles. The van der Waals surface area contributed by atoms with Crippen molar-refractivity contribution < 1.29 is 0 Å². The van der Waals surface area contributed by atoms with Crippen molar-refractivity contribution in [3.63, 3.8) is 0 Å². The SMILES string of the molecule is CN1CCC(NCC2CC2)CC1. The minimum absolute atomic E-state index is 0.821. The summed E-state index contributed by atoms with van der Waals surface area (Å²) in [6.45, 7) is 3.85. The summed E-state index contributed by atoms with van der Waals surface area (Å²) < 4.78 is 0. The Morgan fingerprint density at radius 3 is 2.42 bits per heavy atom. The fourth-order valence-corrected chi connectivity index (χ4v) is 1.87. The lowest BCUT2D eigenvalue weighted by molar-refractivity contribution is 0.234. The number of hydrogen-bond acceptors (Lipinski definition) is 2. The minimum atomic E-state index is 0.821. The van der Waals surface area contributed by atoms with Gasteiger partial charge in [-0.3, -0.25) is 0 Å². The molecule has 0 aromatic heterocycles. The predicted molar refractivity (Wildman–Crippen MR) is 51.2 cm³/mol. The largest absolute Gasteiger partial charge is 0.314 e. The monoisotopic (exact) mass is 168 g/mol. The van der Waals surface area contributed by atoms with Crippen LogP contribution >= 0.6 is 0 Å². The molecule has 0 atom stereocenters. The average molecular weight is 168 g/mol. The third kappa shape index (κ3) is 2.46. The Hall–Kier alpha value is -0.0800. The summed E-state index contributed by atoms with van der Waals surface area (Å²) in [4.78, 5) is 2.43. The molecule has 1 aliphatic carbocycles. The molecule has 0 unspecified atom stereocenters. The van der Waals surface area contributed by atoms with Crippen molar-refractivity contribution in [2.24, 2.45) is 5.92 Å². The first-order valence-electron chi connectivity index (χ1n) is 5.26. The zero-order chi connectivity index (χ0) is 8.39. The molecule has 12 heavy (non-hydrogen) atoms. The van der Waals surface area contributed by atoms with E-state index in [0.29, 0.717) is 0 Å². The molecule has 2 rings (SSSR count). The molecule has 70 valence electrons. The summed E-state index contributed by atoms with van der Waals surface area (Å²) in [6, 6.07) is 0.821. The van der Waals surface area contributed by atoms with E-state index in [4.69, 9.17) is 0 Å². The van der Waals surface area contributed by atoms with Crippen LogP contribution in [0, 0.1) is 5.92 Å². The number of hydrogen-bond donors (Lipinski definition) is 1. The number of rotatable bonds is 3. The van der Waals surface area contributed by atoms with Crippen molar-refractivity contribution in [1.29, 1.82) is 0 Å². The van der Waals surface area contributed by atoms with Crippen molar-refractivity contribution in [3.8, 4) is 0 Å². The molecule has 1 N–H and O–H groups in total. The molecule has 0 aromatic rings. The maximum Gasteiger partial charge on any atom is 0.00915 e. The highest BCUT2D eigenvalue weighted by Gasteiger charge is 2.23. The zero-order valence-corrected chi connectivity index (χ0v) is 8.05. The van der Waals surface area contributed by atoms with Crippen LogP contribution in [0.15, 0.2) is 0 Å². The average Bonchev–Trinajstić information content (AvgIpc) is 2.87. The molecular formula is C10H20N2. The van der Waals surface area contributed by atoms with E-state index in [9.17, 15) is 0 Å². The molecule has 1 saturated heterocycles. The van der Waals surface area contributed by atoms with Gasteiger partial charge in [0.1, 0.15) is 0 Å². The van der Waals surface area contributed by atoms with Gasteiger partial charge in [0.25, 0.3) is 0 Å². The summed E-state index contributed by atoms with van der Waals surface area (Å²) in [5, 5.41) is 3.68. The second-order valence-electron chi connectivity index (χ2n) is 4.43. The molecule has 0 spiro atoms. The van der Waals surface area contributed by atoms with E-state index in [1.165, 1.54) is 45.3 Å². The van der Waals surface area contributed by atoms with Crippen LogP contribution in [0.2, 0.25) is 0 Å². The molecule has 1 aliphatic heterocycles. The molecule has 0 aromatic carbocycles. The Balaban J connectivity index is 1.60. The van der Waals surface area contributed by atoms with E-state index >= 15 is 0 Å². The van der Waals surface area contributed by atoms with Crippen LogP contribution in [0.1, 0.15) is 25.7 Å². The van der Waals surface area contributed by atoms with E-state index in [2.05, 4.69) is 17.3 Å². The van der Waals surface area contributed by atoms with E-state index in [0.717, 1.165) is 12.0 Å². The highest BCUT2D eigenvalue weighted by Crippen LogP contribution is 2.28. The topological polar surface area (TPSA) is 15.3 Å². The molecule has 2 aliphatic rings. The van der Waals surface area contributed by atoms with Crippen LogP contribution in [0.4, 0.5) is 0 Å². The van der Waals surface area contributed by atoms with Gasteiger partial charge in [0.2, 0.25) is 0 Å². The standard InChI is InChI=1S/C10H20N2/c1-12-6-4-10(5-7-12)11-8-9-2-3-9/h9-11H,2-8H2,1H3. The Morgan fingerprint density at radius 1 is 1.17 bits per heavy atom. The predicted octanol–water partition coefficient (Wildman–Crippen LogP) is 1.08. The first-order chi connectivity index (χ1) is 5.84. The van der Waals surface area contributed by atoms with Crippen molar-refractivity contribution in [2.75, 3.05) is 26.7 Å². The zero-order valence-electron chi connectivity index (χ0n) is 8.05. The van der Waals surface area contributed by atoms with Crippen LogP contribution < -0.4 is 5.32 Å². The van der Waals surface area contributed by atoms with Gasteiger partial charge in [-0.15, -0.1) is 0 Å². The smallest absolute Gasteiger partial charge is 0.00915 e. The van der Waals surface area contributed by atoms with Gasteiger partial charge in [0.15, 0.2) is 0 Å². The molecule has 0 bridgehead atoms. The number of nitrogens with one attached hydrogen (secondary N) is 1. The first kappa shape index (κ1) is 8.52. The highest BCUT2D eigenvalue weighted by atomic mass is 15.1. The lowest BCUT2D eigenvalue weighted by atomic mass is 10.1. The summed E-state index contributed by atoms with van der Waals surface area (Å²) in [6.07, 6.45) is 5.64. The van der Waals surface area contributed by atoms with E-state index in [-0.39, 0.29) is 0 Å². The number of nitrogens with zero attached hydrogens (tertiary/aromatic N) is 1. The molecule has 0 radical (unpaired) electrons. The van der Waals surface area contributed by atoms with Crippen molar-refractivity contribution >= 4 is 0 Å². The van der Waals surface area contributed by atoms with Crippen LogP contribution in [0.25, 0.3) is 0 Å². The fourth-order valence-electron chi connectivity index (χ4n) is 1.87. The van der Waals surface area contributed by atoms with Gasteiger partial charge in [-0.2, -0.15) is 0 Å². The van der Waals surface area contributed by atoms with Crippen LogP contribution in [-0.2, 0) is 0 Å². The molecule has 0 amide bonds. The van der Waals surface area contributed by atoms with Gasteiger partial charge in [0, 0.05) is 6.04 Å². The van der Waals surface area contributed by atoms with Crippen molar-refractivity contribution in [1.82, 2.24) is 10.2 Å². The van der Waals surface area contributed by atoms with Crippen LogP contribution in [0.5, 0.6) is 0 Å². The summed E-state index contributed by atoms with van der Waals surface area (Å²) in [5.74, 6) is 1.03. The number of piperidine rings is 1. The van der Waals surface area contributed by atoms with Crippen molar-refractivity contribution in [2.45, 2.75) is 31.7 Å². The van der Waals surface area contributed by atoms with Gasteiger partial charge < -0.3 is 10.2 Å². The molecule has 1 saturated carbocycles. The van der Waals surface area contributed by atoms with Gasteiger partial charge in [0.05, 0.1) is 0 Å². The first-order valence-corrected chi connectivity index (χ1v) is 5.26. The third-order valence-electron chi connectivity index (χ3n) is 3.11.